The molecule has 148 valence electrons. The fraction of sp³-hybridized carbons (Fsp3) is 0.500. The highest BCUT2D eigenvalue weighted by molar-refractivity contribution is 5.95. The number of benzene rings is 1. The summed E-state index contributed by atoms with van der Waals surface area (Å²) >= 11 is 0. The highest BCUT2D eigenvalue weighted by Gasteiger charge is 2.31. The number of carbonyl (C=O) groups excluding carboxylic acids is 2. The van der Waals surface area contributed by atoms with Gasteiger partial charge in [0, 0.05) is 43.8 Å². The van der Waals surface area contributed by atoms with Gasteiger partial charge in [-0.25, -0.2) is 4.79 Å². The van der Waals surface area contributed by atoms with Crippen molar-refractivity contribution in [1.82, 2.24) is 9.80 Å². The van der Waals surface area contributed by atoms with Crippen molar-refractivity contribution in [2.75, 3.05) is 37.4 Å². The molecular weight excluding hydrogens is 344 g/mol. The van der Waals surface area contributed by atoms with Crippen molar-refractivity contribution in [2.24, 2.45) is 0 Å². The fourth-order valence-electron chi connectivity index (χ4n) is 3.22. The van der Waals surface area contributed by atoms with E-state index in [-0.39, 0.29) is 24.0 Å². The third-order valence-electron chi connectivity index (χ3n) is 4.79. The number of ether oxygens (including phenoxy) is 1. The van der Waals surface area contributed by atoms with Gasteiger partial charge < -0.3 is 20.3 Å². The van der Waals surface area contributed by atoms with Gasteiger partial charge in [-0.1, -0.05) is 13.0 Å². The summed E-state index contributed by atoms with van der Waals surface area (Å²) in [6, 6.07) is 5.42. The number of urea groups is 1. The minimum absolute atomic E-state index is 0.0960. The predicted octanol–water partition coefficient (Wildman–Crippen LogP) is 3.16. The number of piperazine rings is 1. The van der Waals surface area contributed by atoms with Gasteiger partial charge in [-0.15, -0.1) is 6.58 Å². The van der Waals surface area contributed by atoms with Gasteiger partial charge in [0.15, 0.2) is 0 Å². The molecule has 0 radical (unpaired) electrons. The summed E-state index contributed by atoms with van der Waals surface area (Å²) in [5.74, 6) is 0.437. The molecule has 0 aromatic heterocycles. The van der Waals surface area contributed by atoms with Crippen molar-refractivity contribution >= 4 is 23.3 Å². The number of nitrogens with zero attached hydrogens (tertiary/aromatic N) is 2. The normalized spacial score (nSPS) is 20.1. The number of hydrogen-bond donors (Lipinski definition) is 2. The van der Waals surface area contributed by atoms with Crippen molar-refractivity contribution in [3.63, 3.8) is 0 Å². The van der Waals surface area contributed by atoms with Crippen LogP contribution in [0.4, 0.5) is 16.2 Å². The Morgan fingerprint density at radius 3 is 2.63 bits per heavy atom. The first-order valence-electron chi connectivity index (χ1n) is 9.30. The lowest BCUT2D eigenvalue weighted by Crippen LogP contribution is -2.58. The van der Waals surface area contributed by atoms with Crippen LogP contribution in [0.2, 0.25) is 0 Å². The van der Waals surface area contributed by atoms with E-state index in [4.69, 9.17) is 4.74 Å². The molecule has 2 rings (SSSR count). The standard InChI is InChI=1S/C20H30N4O3/c1-6-10-23-12-15(4)24(13-14(23)3)20(26)21-16-8-9-18(27-5)17(11-16)22-19(25)7-2/h6,8-9,11,14-15H,1,7,10,12-13H2,2-5H3,(H,21,26)(H,22,25)/t14-,15-/m1/s1. The zero-order valence-electron chi connectivity index (χ0n) is 16.6. The van der Waals surface area contributed by atoms with E-state index < -0.39 is 0 Å². The molecule has 3 amide bonds. The van der Waals surface area contributed by atoms with Crippen molar-refractivity contribution in [1.29, 1.82) is 0 Å². The topological polar surface area (TPSA) is 73.9 Å². The highest BCUT2D eigenvalue weighted by atomic mass is 16.5. The lowest BCUT2D eigenvalue weighted by molar-refractivity contribution is -0.115. The molecule has 1 aromatic carbocycles. The van der Waals surface area contributed by atoms with Gasteiger partial charge in [0.25, 0.3) is 0 Å². The molecular formula is C20H30N4O3. The lowest BCUT2D eigenvalue weighted by atomic mass is 10.1. The van der Waals surface area contributed by atoms with Gasteiger partial charge >= 0.3 is 6.03 Å². The van der Waals surface area contributed by atoms with Crippen LogP contribution >= 0.6 is 0 Å². The Balaban J connectivity index is 2.09. The zero-order chi connectivity index (χ0) is 20.0. The van der Waals surface area contributed by atoms with Crippen LogP contribution in [-0.4, -0.2) is 60.6 Å². The Bertz CT molecular complexity index is 692. The molecule has 2 atom stereocenters. The predicted molar refractivity (Wildman–Crippen MR) is 108 cm³/mol. The molecule has 0 bridgehead atoms. The van der Waals surface area contributed by atoms with Crippen molar-refractivity contribution < 1.29 is 14.3 Å². The van der Waals surface area contributed by atoms with E-state index in [1.54, 1.807) is 32.2 Å². The summed E-state index contributed by atoms with van der Waals surface area (Å²) in [6.07, 6.45) is 2.26. The van der Waals surface area contributed by atoms with Gasteiger partial charge in [-0.3, -0.25) is 9.69 Å². The highest BCUT2D eigenvalue weighted by Crippen LogP contribution is 2.28. The maximum Gasteiger partial charge on any atom is 0.322 e. The maximum absolute atomic E-state index is 12.8. The second-order valence-corrected chi connectivity index (χ2v) is 6.84. The average molecular weight is 374 g/mol. The summed E-state index contributed by atoms with van der Waals surface area (Å²) in [5, 5.41) is 5.73. The molecule has 0 saturated carbocycles. The van der Waals surface area contributed by atoms with Gasteiger partial charge in [0.1, 0.15) is 5.75 Å². The monoisotopic (exact) mass is 374 g/mol. The number of carbonyl (C=O) groups is 2. The second-order valence-electron chi connectivity index (χ2n) is 6.84. The maximum atomic E-state index is 12.8. The van der Waals surface area contributed by atoms with Gasteiger partial charge in [-0.05, 0) is 32.0 Å². The van der Waals surface area contributed by atoms with Crippen molar-refractivity contribution in [3.05, 3.63) is 30.9 Å². The molecule has 2 N–H and O–H groups in total. The Labute approximate surface area is 161 Å². The first-order chi connectivity index (χ1) is 12.9. The number of methoxy groups -OCH3 is 1. The summed E-state index contributed by atoms with van der Waals surface area (Å²) in [5.41, 5.74) is 1.15. The van der Waals surface area contributed by atoms with Crippen LogP contribution in [0.15, 0.2) is 30.9 Å². The summed E-state index contributed by atoms with van der Waals surface area (Å²) in [7, 11) is 1.54. The van der Waals surface area contributed by atoms with Gasteiger partial charge in [-0.2, -0.15) is 0 Å². The number of anilines is 2. The molecule has 0 spiro atoms. The molecule has 1 aliphatic heterocycles. The van der Waals surface area contributed by atoms with Crippen LogP contribution in [0.25, 0.3) is 0 Å². The van der Waals surface area contributed by atoms with Crippen LogP contribution in [-0.2, 0) is 4.79 Å². The lowest BCUT2D eigenvalue weighted by Gasteiger charge is -2.43. The molecule has 1 heterocycles. The Morgan fingerprint density at radius 2 is 2.00 bits per heavy atom. The number of nitrogens with one attached hydrogen (secondary N) is 2. The number of amides is 3. The molecule has 1 fully saturated rings. The molecule has 27 heavy (non-hydrogen) atoms. The smallest absolute Gasteiger partial charge is 0.322 e. The van der Waals surface area contributed by atoms with E-state index in [0.717, 1.165) is 13.1 Å². The van der Waals surface area contributed by atoms with E-state index in [0.29, 0.717) is 30.1 Å². The Morgan fingerprint density at radius 1 is 1.26 bits per heavy atom. The first kappa shape index (κ1) is 20.8. The average Bonchev–Trinajstić information content (AvgIpc) is 2.64. The molecule has 7 heteroatoms. The van der Waals surface area contributed by atoms with Crippen LogP contribution in [0.5, 0.6) is 5.75 Å². The minimum atomic E-state index is -0.148. The van der Waals surface area contributed by atoms with Crippen molar-refractivity contribution in [3.8, 4) is 5.75 Å². The van der Waals surface area contributed by atoms with E-state index in [1.807, 2.05) is 17.9 Å². The van der Waals surface area contributed by atoms with Crippen LogP contribution in [0.1, 0.15) is 27.2 Å². The minimum Gasteiger partial charge on any atom is -0.495 e. The molecule has 0 aliphatic carbocycles. The zero-order valence-corrected chi connectivity index (χ0v) is 16.6. The SMILES string of the molecule is C=CCN1C[C@@H](C)N(C(=O)Nc2ccc(OC)c(NC(=O)CC)c2)C[C@H]1C. The van der Waals surface area contributed by atoms with Gasteiger partial charge in [0.2, 0.25) is 5.91 Å². The van der Waals surface area contributed by atoms with Crippen LogP contribution in [0, 0.1) is 0 Å². The third-order valence-corrected chi connectivity index (χ3v) is 4.79. The molecule has 0 unspecified atom stereocenters. The number of rotatable bonds is 6. The Kier molecular flexibility index (Phi) is 7.24. The van der Waals surface area contributed by atoms with Crippen LogP contribution in [0.3, 0.4) is 0 Å². The molecule has 1 aliphatic rings. The van der Waals surface area contributed by atoms with E-state index in [2.05, 4.69) is 29.0 Å². The Hall–Kier alpha value is -2.54. The fourth-order valence-corrected chi connectivity index (χ4v) is 3.22. The second kappa shape index (κ2) is 9.41. The van der Waals surface area contributed by atoms with E-state index in [9.17, 15) is 9.59 Å². The first-order valence-corrected chi connectivity index (χ1v) is 9.30. The summed E-state index contributed by atoms with van der Waals surface area (Å²) < 4.78 is 5.28. The molecule has 1 saturated heterocycles. The third kappa shape index (κ3) is 5.23. The summed E-state index contributed by atoms with van der Waals surface area (Å²) in [6.45, 7) is 12.0. The summed E-state index contributed by atoms with van der Waals surface area (Å²) in [4.78, 5) is 28.7. The van der Waals surface area contributed by atoms with Crippen molar-refractivity contribution in [2.45, 2.75) is 39.3 Å². The number of hydrogen-bond acceptors (Lipinski definition) is 4. The van der Waals surface area contributed by atoms with Crippen LogP contribution < -0.4 is 15.4 Å². The quantitative estimate of drug-likeness (QED) is 0.750. The van der Waals surface area contributed by atoms with E-state index >= 15 is 0 Å². The van der Waals surface area contributed by atoms with E-state index in [1.165, 1.54) is 0 Å². The molecule has 1 aromatic rings. The largest absolute Gasteiger partial charge is 0.495 e. The molecule has 7 nitrogen and oxygen atoms in total. The van der Waals surface area contributed by atoms with Gasteiger partial charge in [0.05, 0.1) is 12.8 Å².